The molecule has 0 amide bonds. The maximum atomic E-state index is 11.7. The highest BCUT2D eigenvalue weighted by atomic mass is 19.4. The van der Waals surface area contributed by atoms with Gasteiger partial charge in [0.15, 0.2) is 0 Å². The number of aliphatic carboxylic acids is 3. The van der Waals surface area contributed by atoms with Gasteiger partial charge in [-0.1, -0.05) is 6.07 Å². The van der Waals surface area contributed by atoms with Crippen molar-refractivity contribution in [3.8, 4) is 0 Å². The molecular weight excluding hydrogens is 620 g/mol. The first-order valence-corrected chi connectivity index (χ1v) is 13.1. The minimum Gasteiger partial charge on any atom is -0.481 e. The maximum absolute atomic E-state index is 11.7. The van der Waals surface area contributed by atoms with Crippen LogP contribution in [0.15, 0.2) is 47.5 Å². The number of fused-ring (bicyclic) bond motifs is 1. The first kappa shape index (κ1) is 36.3. The molecule has 4 rings (SSSR count). The molecule has 0 fully saturated rings. The number of aromatic nitrogens is 4. The van der Waals surface area contributed by atoms with E-state index in [2.05, 4.69) is 22.5 Å². The van der Waals surface area contributed by atoms with Crippen LogP contribution in [0, 0.1) is 0 Å². The quantitative estimate of drug-likeness (QED) is 0.262. The first-order chi connectivity index (χ1) is 20.9. The fraction of sp³-hybridized carbons (Fsp3) is 0.407. The van der Waals surface area contributed by atoms with E-state index >= 15 is 0 Å². The topological polar surface area (TPSA) is 177 Å². The zero-order chi connectivity index (χ0) is 33.9. The number of nitrogens with one attached hydrogen (secondary N) is 1. The second-order valence-electron chi connectivity index (χ2n) is 9.61. The Hall–Kier alpha value is -4.90. The predicted octanol–water partition coefficient (Wildman–Crippen LogP) is 3.84. The molecule has 0 unspecified atom stereocenters. The number of rotatable bonds is 8. The van der Waals surface area contributed by atoms with Crippen molar-refractivity contribution >= 4 is 23.7 Å². The average molecular weight is 650 g/mol. The van der Waals surface area contributed by atoms with Crippen LogP contribution in [-0.2, 0) is 40.7 Å². The number of hydrogen-bond acceptors (Lipinski definition) is 7. The molecule has 246 valence electrons. The van der Waals surface area contributed by atoms with E-state index < -0.39 is 36.3 Å². The summed E-state index contributed by atoms with van der Waals surface area (Å²) in [6.45, 7) is 0.980. The molecule has 4 N–H and O–H groups in total. The van der Waals surface area contributed by atoms with E-state index in [1.54, 1.807) is 24.0 Å². The highest BCUT2D eigenvalue weighted by molar-refractivity contribution is 5.73. The molecule has 0 saturated carbocycles. The first-order valence-electron chi connectivity index (χ1n) is 13.1. The third-order valence-corrected chi connectivity index (χ3v) is 6.15. The fourth-order valence-corrected chi connectivity index (χ4v) is 3.98. The number of carboxylic acids is 3. The van der Waals surface area contributed by atoms with E-state index in [0.717, 1.165) is 61.4 Å². The van der Waals surface area contributed by atoms with Crippen molar-refractivity contribution in [2.75, 3.05) is 11.9 Å². The van der Waals surface area contributed by atoms with Gasteiger partial charge in [0.1, 0.15) is 5.82 Å². The van der Waals surface area contributed by atoms with Gasteiger partial charge >= 0.3 is 30.3 Å². The summed E-state index contributed by atoms with van der Waals surface area (Å²) in [6.07, 6.45) is -1.99. The second kappa shape index (κ2) is 15.7. The Morgan fingerprint density at radius 1 is 0.933 bits per heavy atom. The zero-order valence-corrected chi connectivity index (χ0v) is 23.6. The van der Waals surface area contributed by atoms with Gasteiger partial charge in [-0.3, -0.25) is 14.3 Å². The van der Waals surface area contributed by atoms with Crippen molar-refractivity contribution in [1.29, 1.82) is 0 Å². The second-order valence-corrected chi connectivity index (χ2v) is 9.61. The van der Waals surface area contributed by atoms with Crippen LogP contribution in [0.2, 0.25) is 0 Å². The molecule has 0 aromatic carbocycles. The predicted molar refractivity (Wildman–Crippen MR) is 145 cm³/mol. The highest BCUT2D eigenvalue weighted by Crippen LogP contribution is 2.23. The van der Waals surface area contributed by atoms with Crippen molar-refractivity contribution in [3.05, 3.63) is 75.6 Å². The van der Waals surface area contributed by atoms with Crippen molar-refractivity contribution < 1.29 is 56.0 Å². The number of aryl methyl sites for hydroxylation is 4. The summed E-state index contributed by atoms with van der Waals surface area (Å²) < 4.78 is 66.6. The molecule has 4 heterocycles. The van der Waals surface area contributed by atoms with Gasteiger partial charge in [-0.15, -0.1) is 0 Å². The molecule has 0 bridgehead atoms. The molecule has 0 aliphatic carbocycles. The Kier molecular flexibility index (Phi) is 12.7. The van der Waals surface area contributed by atoms with Gasteiger partial charge < -0.3 is 25.2 Å². The number of hydrogen-bond donors (Lipinski definition) is 4. The number of alkyl halides is 6. The fourth-order valence-electron chi connectivity index (χ4n) is 3.98. The summed E-state index contributed by atoms with van der Waals surface area (Å²) in [7, 11) is 1.66. The van der Waals surface area contributed by atoms with E-state index in [1.165, 1.54) is 16.2 Å². The van der Waals surface area contributed by atoms with Crippen LogP contribution in [0.5, 0.6) is 0 Å². The number of carbonyl (C=O) groups is 3. The number of pyridine rings is 2. The summed E-state index contributed by atoms with van der Waals surface area (Å²) in [5.74, 6) is -5.41. The van der Waals surface area contributed by atoms with Gasteiger partial charge in [0.2, 0.25) is 5.56 Å². The number of halogens is 6. The third kappa shape index (κ3) is 12.0. The molecule has 18 heteroatoms. The Bertz CT molecular complexity index is 1510. The highest BCUT2D eigenvalue weighted by Gasteiger charge is 2.38. The van der Waals surface area contributed by atoms with Crippen molar-refractivity contribution in [1.82, 2.24) is 19.3 Å². The van der Waals surface area contributed by atoms with Crippen molar-refractivity contribution in [3.63, 3.8) is 0 Å². The van der Waals surface area contributed by atoms with Crippen LogP contribution in [0.3, 0.4) is 0 Å². The van der Waals surface area contributed by atoms with E-state index in [4.69, 9.17) is 24.8 Å². The van der Waals surface area contributed by atoms with E-state index in [-0.39, 0.29) is 12.0 Å². The molecule has 0 spiro atoms. The van der Waals surface area contributed by atoms with Crippen molar-refractivity contribution in [2.24, 2.45) is 7.05 Å². The lowest BCUT2D eigenvalue weighted by Crippen LogP contribution is -2.21. The van der Waals surface area contributed by atoms with Gasteiger partial charge in [-0.2, -0.15) is 31.4 Å². The summed E-state index contributed by atoms with van der Waals surface area (Å²) >= 11 is 0. The lowest BCUT2D eigenvalue weighted by atomic mass is 10.1. The van der Waals surface area contributed by atoms with Crippen LogP contribution in [0.1, 0.15) is 47.8 Å². The summed E-state index contributed by atoms with van der Waals surface area (Å²) in [6, 6.07) is 8.86. The standard InChI is InChI=1S/C23H27N5O3.2C2HF3O2/c1-27-15-17(8-10-21(27)29)20(14-22(30)31)28-13-11-19(26-28)6-2-5-18-9-7-16-4-3-12-24-23(16)25-18;2*3-2(4,5)1(6)7/h7-11,13,15,20H,2-6,12,14H2,1H3,(H,24,25)(H,30,31);2*(H,6,7)/t20-;;/m0../s1. The van der Waals surface area contributed by atoms with E-state index in [9.17, 15) is 41.0 Å². The summed E-state index contributed by atoms with van der Waals surface area (Å²) in [5.41, 5.74) is 3.88. The van der Waals surface area contributed by atoms with E-state index in [0.29, 0.717) is 0 Å². The van der Waals surface area contributed by atoms with Gasteiger partial charge in [-0.25, -0.2) is 14.6 Å². The minimum atomic E-state index is -5.08. The maximum Gasteiger partial charge on any atom is 0.490 e. The molecular formula is C27H29F6N5O7. The smallest absolute Gasteiger partial charge is 0.481 e. The minimum absolute atomic E-state index is 0.106. The van der Waals surface area contributed by atoms with Gasteiger partial charge in [0.25, 0.3) is 0 Å². The summed E-state index contributed by atoms with van der Waals surface area (Å²) in [4.78, 5) is 45.6. The van der Waals surface area contributed by atoms with Crippen LogP contribution in [0.4, 0.5) is 32.2 Å². The Balaban J connectivity index is 0.000000421. The normalized spacial score (nSPS) is 13.1. The number of nitrogens with zero attached hydrogens (tertiary/aromatic N) is 4. The van der Waals surface area contributed by atoms with Gasteiger partial charge in [0.05, 0.1) is 18.2 Å². The lowest BCUT2D eigenvalue weighted by Gasteiger charge is -2.17. The molecule has 0 radical (unpaired) electrons. The lowest BCUT2D eigenvalue weighted by molar-refractivity contribution is -0.193. The average Bonchev–Trinajstić information content (AvgIpc) is 3.41. The van der Waals surface area contributed by atoms with Crippen LogP contribution in [0.25, 0.3) is 0 Å². The van der Waals surface area contributed by atoms with Gasteiger partial charge in [0, 0.05) is 37.7 Å². The molecule has 0 saturated heterocycles. The van der Waals surface area contributed by atoms with Crippen LogP contribution < -0.4 is 10.9 Å². The van der Waals surface area contributed by atoms with Gasteiger partial charge in [-0.05, 0) is 61.4 Å². The molecule has 12 nitrogen and oxygen atoms in total. The Labute approximate surface area is 250 Å². The third-order valence-electron chi connectivity index (χ3n) is 6.15. The zero-order valence-electron chi connectivity index (χ0n) is 23.6. The monoisotopic (exact) mass is 649 g/mol. The largest absolute Gasteiger partial charge is 0.490 e. The number of anilines is 1. The Morgan fingerprint density at radius 2 is 1.53 bits per heavy atom. The van der Waals surface area contributed by atoms with Crippen LogP contribution >= 0.6 is 0 Å². The van der Waals surface area contributed by atoms with E-state index in [1.807, 2.05) is 12.3 Å². The Morgan fingerprint density at radius 3 is 2.09 bits per heavy atom. The molecule has 1 aliphatic heterocycles. The summed E-state index contributed by atoms with van der Waals surface area (Å²) in [5, 5.41) is 31.6. The molecule has 3 aromatic rings. The van der Waals surface area contributed by atoms with Crippen LogP contribution in [-0.4, -0.2) is 71.5 Å². The molecule has 1 atom stereocenters. The molecule has 3 aromatic heterocycles. The molecule has 45 heavy (non-hydrogen) atoms. The molecule has 1 aliphatic rings. The SMILES string of the molecule is Cn1cc([C@H](CC(=O)O)n2ccc(CCCc3ccc4c(n3)NCCC4)n2)ccc1=O.O=C(O)C(F)(F)F.O=C(O)C(F)(F)F. The van der Waals surface area contributed by atoms with Crippen molar-refractivity contribution in [2.45, 2.75) is 56.9 Å². The number of carboxylic acid groups (broad SMARTS) is 3.